The first-order valence-corrected chi connectivity index (χ1v) is 5.47. The number of carboxylic acid groups (broad SMARTS) is 1. The van der Waals surface area contributed by atoms with Gasteiger partial charge in [-0.3, -0.25) is 4.68 Å². The van der Waals surface area contributed by atoms with Gasteiger partial charge in [-0.1, -0.05) is 0 Å². The van der Waals surface area contributed by atoms with E-state index in [4.69, 9.17) is 5.11 Å². The van der Waals surface area contributed by atoms with Gasteiger partial charge in [0, 0.05) is 19.3 Å². The molecule has 2 rings (SSSR count). The topological polar surface area (TPSA) is 58.4 Å². The molecule has 0 unspecified atom stereocenters. The van der Waals surface area contributed by atoms with E-state index >= 15 is 0 Å². The molecule has 1 aliphatic heterocycles. The normalized spacial score (nSPS) is 18.1. The number of halogens is 3. The molecular formula is C10H12F3N3O2. The maximum absolute atomic E-state index is 12.4. The summed E-state index contributed by atoms with van der Waals surface area (Å²) in [4.78, 5) is 11.9. The van der Waals surface area contributed by atoms with Crippen molar-refractivity contribution in [1.29, 1.82) is 0 Å². The second kappa shape index (κ2) is 4.51. The van der Waals surface area contributed by atoms with E-state index in [0.29, 0.717) is 25.9 Å². The molecule has 1 aromatic heterocycles. The van der Waals surface area contributed by atoms with Crippen molar-refractivity contribution < 1.29 is 23.1 Å². The Morgan fingerprint density at radius 1 is 1.39 bits per heavy atom. The Bertz CT molecular complexity index is 436. The first-order valence-electron chi connectivity index (χ1n) is 5.47. The minimum Gasteiger partial charge on any atom is -0.465 e. The van der Waals surface area contributed by atoms with E-state index in [1.807, 2.05) is 0 Å². The Hall–Kier alpha value is -1.73. The van der Waals surface area contributed by atoms with Gasteiger partial charge >= 0.3 is 12.3 Å². The molecule has 0 aromatic carbocycles. The van der Waals surface area contributed by atoms with Crippen molar-refractivity contribution in [3.05, 3.63) is 18.0 Å². The second-order valence-electron chi connectivity index (χ2n) is 4.21. The number of nitrogens with zero attached hydrogens (tertiary/aromatic N) is 3. The zero-order valence-corrected chi connectivity index (χ0v) is 9.39. The molecule has 8 heteroatoms. The SMILES string of the molecule is O=C(O)N1CCC(n2cc(C(F)(F)F)cn2)CC1. The number of hydrogen-bond donors (Lipinski definition) is 1. The van der Waals surface area contributed by atoms with Crippen LogP contribution >= 0.6 is 0 Å². The fraction of sp³-hybridized carbons (Fsp3) is 0.600. The third kappa shape index (κ3) is 2.57. The lowest BCUT2D eigenvalue weighted by Crippen LogP contribution is -2.38. The van der Waals surface area contributed by atoms with Crippen molar-refractivity contribution in [2.75, 3.05) is 13.1 Å². The number of carbonyl (C=O) groups is 1. The molecule has 0 radical (unpaired) electrons. The van der Waals surface area contributed by atoms with E-state index in [1.165, 1.54) is 9.58 Å². The van der Waals surface area contributed by atoms with Gasteiger partial charge in [0.25, 0.3) is 0 Å². The molecule has 5 nitrogen and oxygen atoms in total. The van der Waals surface area contributed by atoms with Crippen LogP contribution in [0.3, 0.4) is 0 Å². The first-order chi connectivity index (χ1) is 8.38. The molecule has 0 atom stereocenters. The van der Waals surface area contributed by atoms with E-state index in [2.05, 4.69) is 5.10 Å². The molecule has 2 heterocycles. The highest BCUT2D eigenvalue weighted by atomic mass is 19.4. The average Bonchev–Trinajstić information content (AvgIpc) is 2.78. The fourth-order valence-corrected chi connectivity index (χ4v) is 2.01. The summed E-state index contributed by atoms with van der Waals surface area (Å²) in [5.74, 6) is 0. The van der Waals surface area contributed by atoms with Crippen molar-refractivity contribution in [1.82, 2.24) is 14.7 Å². The molecule has 1 fully saturated rings. The molecule has 18 heavy (non-hydrogen) atoms. The van der Waals surface area contributed by atoms with Crippen LogP contribution in [0.25, 0.3) is 0 Å². The van der Waals surface area contributed by atoms with Crippen molar-refractivity contribution in [2.45, 2.75) is 25.1 Å². The molecule has 100 valence electrons. The minimum atomic E-state index is -4.39. The maximum Gasteiger partial charge on any atom is 0.419 e. The van der Waals surface area contributed by atoms with Crippen molar-refractivity contribution in [3.63, 3.8) is 0 Å². The first kappa shape index (κ1) is 12.7. The van der Waals surface area contributed by atoms with E-state index in [-0.39, 0.29) is 6.04 Å². The number of aromatic nitrogens is 2. The highest BCUT2D eigenvalue weighted by molar-refractivity contribution is 5.64. The van der Waals surface area contributed by atoms with Crippen LogP contribution in [-0.2, 0) is 6.18 Å². The molecule has 0 aliphatic carbocycles. The smallest absolute Gasteiger partial charge is 0.419 e. The number of piperidine rings is 1. The summed E-state index contributed by atoms with van der Waals surface area (Å²) in [6.45, 7) is 0.641. The Morgan fingerprint density at radius 3 is 2.44 bits per heavy atom. The van der Waals surface area contributed by atoms with Gasteiger partial charge in [-0.25, -0.2) is 4.79 Å². The number of hydrogen-bond acceptors (Lipinski definition) is 2. The molecule has 1 N–H and O–H groups in total. The summed E-state index contributed by atoms with van der Waals surface area (Å²) < 4.78 is 38.5. The molecule has 0 bridgehead atoms. The Kier molecular flexibility index (Phi) is 3.18. The van der Waals surface area contributed by atoms with E-state index < -0.39 is 17.8 Å². The number of rotatable bonds is 1. The van der Waals surface area contributed by atoms with E-state index in [1.54, 1.807) is 0 Å². The molecule has 1 amide bonds. The molecule has 1 aromatic rings. The quantitative estimate of drug-likeness (QED) is 0.845. The van der Waals surface area contributed by atoms with Crippen LogP contribution in [0.1, 0.15) is 24.4 Å². The van der Waals surface area contributed by atoms with Crippen molar-refractivity contribution in [3.8, 4) is 0 Å². The van der Waals surface area contributed by atoms with Crippen LogP contribution in [0, 0.1) is 0 Å². The standard InChI is InChI=1S/C10H12F3N3O2/c11-10(12,13)7-5-14-16(6-7)8-1-3-15(4-2-8)9(17)18/h5-6,8H,1-4H2,(H,17,18). The number of amides is 1. The minimum absolute atomic E-state index is 0.170. The molecule has 0 saturated carbocycles. The monoisotopic (exact) mass is 263 g/mol. The van der Waals surface area contributed by atoms with Crippen LogP contribution in [0.2, 0.25) is 0 Å². The van der Waals surface area contributed by atoms with Crippen LogP contribution < -0.4 is 0 Å². The molecular weight excluding hydrogens is 251 g/mol. The van der Waals surface area contributed by atoms with E-state index in [0.717, 1.165) is 12.4 Å². The lowest BCUT2D eigenvalue weighted by molar-refractivity contribution is -0.137. The van der Waals surface area contributed by atoms with Gasteiger partial charge < -0.3 is 10.0 Å². The summed E-state index contributed by atoms with van der Waals surface area (Å²) >= 11 is 0. The number of alkyl halides is 3. The molecule has 0 spiro atoms. The maximum atomic E-state index is 12.4. The summed E-state index contributed by atoms with van der Waals surface area (Å²) in [6, 6.07) is -0.170. The Labute approximate surface area is 101 Å². The van der Waals surface area contributed by atoms with Crippen LogP contribution in [0.15, 0.2) is 12.4 Å². The van der Waals surface area contributed by atoms with Gasteiger partial charge in [0.05, 0.1) is 17.8 Å². The third-order valence-corrected chi connectivity index (χ3v) is 3.04. The number of likely N-dealkylation sites (tertiary alicyclic amines) is 1. The Morgan fingerprint density at radius 2 is 2.00 bits per heavy atom. The average molecular weight is 263 g/mol. The fourth-order valence-electron chi connectivity index (χ4n) is 2.01. The summed E-state index contributed by atoms with van der Waals surface area (Å²) in [6.07, 6.45) is -2.66. The highest BCUT2D eigenvalue weighted by Gasteiger charge is 2.33. The molecule has 1 saturated heterocycles. The summed E-state index contributed by atoms with van der Waals surface area (Å²) in [5, 5.41) is 12.5. The van der Waals surface area contributed by atoms with Gasteiger partial charge in [-0.15, -0.1) is 0 Å². The van der Waals surface area contributed by atoms with Crippen LogP contribution in [0.4, 0.5) is 18.0 Å². The van der Waals surface area contributed by atoms with Gasteiger partial charge in [-0.05, 0) is 12.8 Å². The zero-order chi connectivity index (χ0) is 13.3. The third-order valence-electron chi connectivity index (χ3n) is 3.04. The van der Waals surface area contributed by atoms with E-state index in [9.17, 15) is 18.0 Å². The van der Waals surface area contributed by atoms with Crippen LogP contribution in [-0.4, -0.2) is 39.0 Å². The summed E-state index contributed by atoms with van der Waals surface area (Å²) in [7, 11) is 0. The van der Waals surface area contributed by atoms with Gasteiger partial charge in [0.1, 0.15) is 0 Å². The Balaban J connectivity index is 2.02. The highest BCUT2D eigenvalue weighted by Crippen LogP contribution is 2.30. The second-order valence-corrected chi connectivity index (χ2v) is 4.21. The lowest BCUT2D eigenvalue weighted by atomic mass is 10.1. The zero-order valence-electron chi connectivity index (χ0n) is 9.39. The summed E-state index contributed by atoms with van der Waals surface area (Å²) in [5.41, 5.74) is -0.775. The largest absolute Gasteiger partial charge is 0.465 e. The van der Waals surface area contributed by atoms with Gasteiger partial charge in [0.15, 0.2) is 0 Å². The predicted octanol–water partition coefficient (Wildman–Crippen LogP) is 2.22. The van der Waals surface area contributed by atoms with Gasteiger partial charge in [0.2, 0.25) is 0 Å². The van der Waals surface area contributed by atoms with Crippen molar-refractivity contribution in [2.24, 2.45) is 0 Å². The predicted molar refractivity (Wildman–Crippen MR) is 55.1 cm³/mol. The lowest BCUT2D eigenvalue weighted by Gasteiger charge is -2.30. The van der Waals surface area contributed by atoms with Gasteiger partial charge in [-0.2, -0.15) is 18.3 Å². The van der Waals surface area contributed by atoms with Crippen LogP contribution in [0.5, 0.6) is 0 Å². The van der Waals surface area contributed by atoms with Crippen molar-refractivity contribution >= 4 is 6.09 Å². The molecule has 1 aliphatic rings.